The lowest BCUT2D eigenvalue weighted by Crippen LogP contribution is -2.41. The molecular weight excluding hydrogens is 329 g/mol. The molecule has 130 valence electrons. The third kappa shape index (κ3) is 3.19. The molecule has 0 bridgehead atoms. The number of ether oxygens (including phenoxy) is 1. The number of nitrogens with one attached hydrogen (secondary N) is 1. The largest absolute Gasteiger partial charge is 0.469 e. The standard InChI is InChI=1S/C15H15F3N2O4/c1-14(9-4-3-5-10(8-9)15(16,17)18)12(22)20(13(23)19-14)7-6-11(21)24-2/h3-5,8H,6-7H2,1-2H3,(H,19,23). The predicted molar refractivity (Wildman–Crippen MR) is 75.7 cm³/mol. The van der Waals surface area contributed by atoms with Crippen LogP contribution in [-0.4, -0.2) is 36.5 Å². The average molecular weight is 344 g/mol. The molecule has 1 aromatic rings. The van der Waals surface area contributed by atoms with Gasteiger partial charge in [-0.3, -0.25) is 14.5 Å². The number of halogens is 3. The van der Waals surface area contributed by atoms with Crippen molar-refractivity contribution in [1.82, 2.24) is 10.2 Å². The molecule has 3 amide bonds. The van der Waals surface area contributed by atoms with E-state index in [-0.39, 0.29) is 18.5 Å². The monoisotopic (exact) mass is 344 g/mol. The summed E-state index contributed by atoms with van der Waals surface area (Å²) in [5.74, 6) is -1.33. The van der Waals surface area contributed by atoms with Crippen molar-refractivity contribution in [2.45, 2.75) is 25.1 Å². The molecule has 0 radical (unpaired) electrons. The van der Waals surface area contributed by atoms with Crippen molar-refractivity contribution in [3.8, 4) is 0 Å². The Morgan fingerprint density at radius 1 is 1.33 bits per heavy atom. The Balaban J connectivity index is 2.29. The van der Waals surface area contributed by atoms with Crippen LogP contribution in [0, 0.1) is 0 Å². The van der Waals surface area contributed by atoms with Gasteiger partial charge in [0.2, 0.25) is 0 Å². The SMILES string of the molecule is COC(=O)CCN1C(=O)NC(C)(c2cccc(C(F)(F)F)c2)C1=O. The van der Waals surface area contributed by atoms with E-state index in [1.54, 1.807) is 0 Å². The molecule has 24 heavy (non-hydrogen) atoms. The summed E-state index contributed by atoms with van der Waals surface area (Å²) in [5.41, 5.74) is -2.54. The van der Waals surface area contributed by atoms with Crippen LogP contribution in [-0.2, 0) is 26.0 Å². The minimum absolute atomic E-state index is 0.0104. The Kier molecular flexibility index (Phi) is 4.54. The molecule has 1 aromatic carbocycles. The first kappa shape index (κ1) is 17.8. The van der Waals surface area contributed by atoms with E-state index in [1.807, 2.05) is 0 Å². The highest BCUT2D eigenvalue weighted by atomic mass is 19.4. The smallest absolute Gasteiger partial charge is 0.416 e. The van der Waals surface area contributed by atoms with Gasteiger partial charge in [0.05, 0.1) is 19.1 Å². The lowest BCUT2D eigenvalue weighted by Gasteiger charge is -2.23. The fraction of sp³-hybridized carbons (Fsp3) is 0.400. The molecule has 0 aromatic heterocycles. The number of nitrogens with zero attached hydrogens (tertiary/aromatic N) is 1. The topological polar surface area (TPSA) is 75.7 Å². The molecule has 1 fully saturated rings. The van der Waals surface area contributed by atoms with E-state index in [0.717, 1.165) is 17.0 Å². The van der Waals surface area contributed by atoms with Crippen molar-refractivity contribution in [3.05, 3.63) is 35.4 Å². The van der Waals surface area contributed by atoms with Crippen molar-refractivity contribution in [3.63, 3.8) is 0 Å². The number of imide groups is 1. The third-order valence-electron chi connectivity index (χ3n) is 3.81. The van der Waals surface area contributed by atoms with Crippen LogP contribution < -0.4 is 5.32 Å². The number of methoxy groups -OCH3 is 1. The number of alkyl halides is 3. The highest BCUT2D eigenvalue weighted by Gasteiger charge is 2.49. The zero-order valence-corrected chi connectivity index (χ0v) is 12.9. The second-order valence-electron chi connectivity index (χ2n) is 5.42. The lowest BCUT2D eigenvalue weighted by atomic mass is 9.90. The fourth-order valence-corrected chi connectivity index (χ4v) is 2.41. The lowest BCUT2D eigenvalue weighted by molar-refractivity contribution is -0.141. The summed E-state index contributed by atoms with van der Waals surface area (Å²) < 4.78 is 43.0. The van der Waals surface area contributed by atoms with Gasteiger partial charge in [-0.2, -0.15) is 13.2 Å². The van der Waals surface area contributed by atoms with Crippen molar-refractivity contribution in [1.29, 1.82) is 0 Å². The second-order valence-corrected chi connectivity index (χ2v) is 5.42. The normalized spacial score (nSPS) is 21.0. The van der Waals surface area contributed by atoms with E-state index < -0.39 is 35.2 Å². The molecule has 1 unspecified atom stereocenters. The number of rotatable bonds is 4. The molecule has 0 saturated carbocycles. The summed E-state index contributed by atoms with van der Waals surface area (Å²) in [4.78, 5) is 36.4. The van der Waals surface area contributed by atoms with Gasteiger partial charge < -0.3 is 10.1 Å². The Morgan fingerprint density at radius 3 is 2.58 bits per heavy atom. The summed E-state index contributed by atoms with van der Waals surface area (Å²) in [6.45, 7) is 1.10. The first-order chi connectivity index (χ1) is 11.1. The van der Waals surface area contributed by atoms with Crippen molar-refractivity contribution < 1.29 is 32.3 Å². The summed E-state index contributed by atoms with van der Waals surface area (Å²) in [7, 11) is 1.17. The van der Waals surface area contributed by atoms with Gasteiger partial charge in [-0.25, -0.2) is 4.79 Å². The number of esters is 1. The Bertz CT molecular complexity index is 690. The second kappa shape index (κ2) is 6.14. The first-order valence-electron chi connectivity index (χ1n) is 6.98. The minimum Gasteiger partial charge on any atom is -0.469 e. The number of hydrogen-bond donors (Lipinski definition) is 1. The average Bonchev–Trinajstić information content (AvgIpc) is 2.75. The van der Waals surface area contributed by atoms with Gasteiger partial charge in [-0.15, -0.1) is 0 Å². The molecule has 1 aliphatic rings. The van der Waals surface area contributed by atoms with Crippen molar-refractivity contribution in [2.24, 2.45) is 0 Å². The number of benzene rings is 1. The van der Waals surface area contributed by atoms with Crippen LogP contribution in [0.25, 0.3) is 0 Å². The first-order valence-corrected chi connectivity index (χ1v) is 6.98. The molecule has 6 nitrogen and oxygen atoms in total. The maximum atomic E-state index is 12.8. The van der Waals surface area contributed by atoms with Crippen LogP contribution in [0.5, 0.6) is 0 Å². The summed E-state index contributed by atoms with van der Waals surface area (Å²) in [5, 5.41) is 2.38. The highest BCUT2D eigenvalue weighted by molar-refractivity contribution is 6.07. The van der Waals surface area contributed by atoms with Crippen LogP contribution in [0.15, 0.2) is 24.3 Å². The molecule has 1 saturated heterocycles. The maximum absolute atomic E-state index is 12.8. The molecular formula is C15H15F3N2O4. The predicted octanol–water partition coefficient (Wildman–Crippen LogP) is 2.04. The van der Waals surface area contributed by atoms with E-state index in [9.17, 15) is 27.6 Å². The van der Waals surface area contributed by atoms with Gasteiger partial charge in [0, 0.05) is 6.54 Å². The Hall–Kier alpha value is -2.58. The van der Waals surface area contributed by atoms with Crippen LogP contribution in [0.3, 0.4) is 0 Å². The molecule has 0 aliphatic carbocycles. The van der Waals surface area contributed by atoms with E-state index in [0.29, 0.717) is 0 Å². The van der Waals surface area contributed by atoms with Crippen molar-refractivity contribution >= 4 is 17.9 Å². The third-order valence-corrected chi connectivity index (χ3v) is 3.81. The molecule has 9 heteroatoms. The van der Waals surface area contributed by atoms with Crippen LogP contribution in [0.1, 0.15) is 24.5 Å². The van der Waals surface area contributed by atoms with Crippen LogP contribution in [0.2, 0.25) is 0 Å². The van der Waals surface area contributed by atoms with Gasteiger partial charge in [-0.1, -0.05) is 12.1 Å². The van der Waals surface area contributed by atoms with Gasteiger partial charge in [-0.05, 0) is 24.6 Å². The Morgan fingerprint density at radius 2 is 2.00 bits per heavy atom. The zero-order valence-electron chi connectivity index (χ0n) is 12.9. The molecule has 1 aliphatic heterocycles. The van der Waals surface area contributed by atoms with Gasteiger partial charge in [0.15, 0.2) is 0 Å². The van der Waals surface area contributed by atoms with Crippen LogP contribution in [0.4, 0.5) is 18.0 Å². The van der Waals surface area contributed by atoms with E-state index >= 15 is 0 Å². The molecule has 1 heterocycles. The number of carbonyl (C=O) groups is 3. The molecule has 2 rings (SSSR count). The van der Waals surface area contributed by atoms with Gasteiger partial charge in [0.25, 0.3) is 5.91 Å². The number of urea groups is 1. The van der Waals surface area contributed by atoms with Gasteiger partial charge in [0.1, 0.15) is 5.54 Å². The number of hydrogen-bond acceptors (Lipinski definition) is 4. The maximum Gasteiger partial charge on any atom is 0.416 e. The fourth-order valence-electron chi connectivity index (χ4n) is 2.41. The quantitative estimate of drug-likeness (QED) is 0.670. The molecule has 1 atom stereocenters. The zero-order chi connectivity index (χ0) is 18.1. The van der Waals surface area contributed by atoms with Crippen molar-refractivity contribution in [2.75, 3.05) is 13.7 Å². The summed E-state index contributed by atoms with van der Waals surface area (Å²) >= 11 is 0. The summed E-state index contributed by atoms with van der Waals surface area (Å²) in [6, 6.07) is 3.42. The van der Waals surface area contributed by atoms with E-state index in [2.05, 4.69) is 10.1 Å². The summed E-state index contributed by atoms with van der Waals surface area (Å²) in [6.07, 6.45) is -4.77. The molecule has 0 spiro atoms. The van der Waals surface area contributed by atoms with E-state index in [1.165, 1.54) is 26.2 Å². The molecule has 1 N–H and O–H groups in total. The highest BCUT2D eigenvalue weighted by Crippen LogP contribution is 2.34. The van der Waals surface area contributed by atoms with E-state index in [4.69, 9.17) is 0 Å². The van der Waals surface area contributed by atoms with Crippen LogP contribution >= 0.6 is 0 Å². The van der Waals surface area contributed by atoms with Gasteiger partial charge >= 0.3 is 18.2 Å². The number of carbonyl (C=O) groups excluding carboxylic acids is 3. The Labute approximate surface area is 135 Å². The number of amides is 3. The minimum atomic E-state index is -4.57.